The number of likely N-dealkylation sites (N-methyl/N-ethyl adjacent to an activating group) is 1. The van der Waals surface area contributed by atoms with E-state index in [4.69, 9.17) is 0 Å². The number of hydrogen-bond donors (Lipinski definition) is 2. The molecule has 1 amide bonds. The first-order valence-electron chi connectivity index (χ1n) is 9.03. The lowest BCUT2D eigenvalue weighted by molar-refractivity contribution is -0.127. The van der Waals surface area contributed by atoms with Crippen molar-refractivity contribution in [2.24, 2.45) is 4.99 Å². The van der Waals surface area contributed by atoms with Crippen molar-refractivity contribution in [2.45, 2.75) is 38.8 Å². The number of piperidine rings is 1. The van der Waals surface area contributed by atoms with Crippen LogP contribution in [0.5, 0.6) is 0 Å². The monoisotopic (exact) mass is 473 g/mol. The summed E-state index contributed by atoms with van der Waals surface area (Å²) < 4.78 is 0. The lowest BCUT2D eigenvalue weighted by atomic mass is 10.0. The Kier molecular flexibility index (Phi) is 9.75. The van der Waals surface area contributed by atoms with Gasteiger partial charge in [0.2, 0.25) is 5.91 Å². The Labute approximate surface area is 174 Å². The second kappa shape index (κ2) is 11.3. The summed E-state index contributed by atoms with van der Waals surface area (Å²) in [5.41, 5.74) is 1.26. The van der Waals surface area contributed by atoms with Gasteiger partial charge in [0, 0.05) is 45.0 Å². The van der Waals surface area contributed by atoms with Crippen molar-refractivity contribution in [1.82, 2.24) is 15.5 Å². The van der Waals surface area contributed by atoms with Crippen LogP contribution in [0.2, 0.25) is 0 Å². The van der Waals surface area contributed by atoms with Crippen molar-refractivity contribution in [3.8, 4) is 0 Å². The molecule has 1 aromatic rings. The van der Waals surface area contributed by atoms with Gasteiger partial charge < -0.3 is 20.4 Å². The van der Waals surface area contributed by atoms with Crippen LogP contribution in [0.1, 0.15) is 26.7 Å². The predicted octanol–water partition coefficient (Wildman–Crippen LogP) is 2.31. The number of aliphatic imine (C=N–C) groups is 1. The quantitative estimate of drug-likeness (QED) is 0.392. The van der Waals surface area contributed by atoms with Crippen LogP contribution in [0.4, 0.5) is 5.69 Å². The van der Waals surface area contributed by atoms with Gasteiger partial charge in [0.15, 0.2) is 5.96 Å². The number of carbonyl (C=O) groups is 1. The van der Waals surface area contributed by atoms with Crippen molar-refractivity contribution < 1.29 is 4.79 Å². The highest BCUT2D eigenvalue weighted by molar-refractivity contribution is 14.0. The van der Waals surface area contributed by atoms with E-state index in [0.717, 1.165) is 25.9 Å². The fourth-order valence-corrected chi connectivity index (χ4v) is 2.86. The fraction of sp³-hybridized carbons (Fsp3) is 0.579. The molecule has 7 heteroatoms. The summed E-state index contributed by atoms with van der Waals surface area (Å²) in [6.45, 7) is 6.31. The average molecular weight is 473 g/mol. The van der Waals surface area contributed by atoms with E-state index in [1.54, 1.807) is 19.0 Å². The molecule has 1 fully saturated rings. The summed E-state index contributed by atoms with van der Waals surface area (Å²) in [6, 6.07) is 11.1. The van der Waals surface area contributed by atoms with Gasteiger partial charge in [-0.3, -0.25) is 4.79 Å². The van der Waals surface area contributed by atoms with Crippen LogP contribution in [0.15, 0.2) is 35.3 Å². The molecular formula is C19H32IN5O. The van der Waals surface area contributed by atoms with E-state index in [9.17, 15) is 4.79 Å². The zero-order valence-corrected chi connectivity index (χ0v) is 18.6. The molecule has 1 saturated heterocycles. The van der Waals surface area contributed by atoms with Gasteiger partial charge in [0.05, 0.1) is 0 Å². The molecule has 6 nitrogen and oxygen atoms in total. The van der Waals surface area contributed by atoms with Gasteiger partial charge in [-0.2, -0.15) is 0 Å². The summed E-state index contributed by atoms with van der Waals surface area (Å²) >= 11 is 0. The highest BCUT2D eigenvalue weighted by Gasteiger charge is 2.21. The second-order valence-corrected chi connectivity index (χ2v) is 7.02. The van der Waals surface area contributed by atoms with Crippen LogP contribution < -0.4 is 15.5 Å². The lowest BCUT2D eigenvalue weighted by Gasteiger charge is -2.35. The summed E-state index contributed by atoms with van der Waals surface area (Å²) in [6.07, 6.45) is 2.24. The Balaban J connectivity index is 0.00000338. The van der Waals surface area contributed by atoms with Crippen molar-refractivity contribution in [1.29, 1.82) is 0 Å². The van der Waals surface area contributed by atoms with Gasteiger partial charge in [0.25, 0.3) is 0 Å². The zero-order chi connectivity index (χ0) is 18.2. The van der Waals surface area contributed by atoms with E-state index in [1.165, 1.54) is 5.69 Å². The minimum absolute atomic E-state index is 0. The van der Waals surface area contributed by atoms with E-state index >= 15 is 0 Å². The standard InChI is InChI=1S/C19H31N5O.HI/c1-15(2)21-19(20-13-18(25)23(3)4)22-16-9-8-12-24(14-16)17-10-6-5-7-11-17;/h5-7,10-11,15-16H,8-9,12-14H2,1-4H3,(H2,20,21,22);1H. The molecule has 0 bridgehead atoms. The van der Waals surface area contributed by atoms with E-state index in [-0.39, 0.29) is 42.5 Å². The molecule has 26 heavy (non-hydrogen) atoms. The number of nitrogens with one attached hydrogen (secondary N) is 2. The third-order valence-electron chi connectivity index (χ3n) is 4.18. The van der Waals surface area contributed by atoms with E-state index in [1.807, 2.05) is 6.07 Å². The molecule has 1 atom stereocenters. The van der Waals surface area contributed by atoms with Crippen molar-refractivity contribution in [2.75, 3.05) is 38.6 Å². The first-order chi connectivity index (χ1) is 12.0. The maximum atomic E-state index is 11.8. The maximum absolute atomic E-state index is 11.8. The largest absolute Gasteiger partial charge is 0.369 e. The highest BCUT2D eigenvalue weighted by Crippen LogP contribution is 2.19. The Morgan fingerprint density at radius 2 is 2.00 bits per heavy atom. The number of carbonyl (C=O) groups excluding carboxylic acids is 1. The van der Waals surface area contributed by atoms with E-state index in [0.29, 0.717) is 12.0 Å². The molecule has 2 N–H and O–H groups in total. The van der Waals surface area contributed by atoms with E-state index in [2.05, 4.69) is 58.6 Å². The lowest BCUT2D eigenvalue weighted by Crippen LogP contribution is -2.52. The number of amides is 1. The Bertz CT molecular complexity index is 577. The van der Waals surface area contributed by atoms with Crippen LogP contribution in [0.25, 0.3) is 0 Å². The normalized spacial score (nSPS) is 17.5. The van der Waals surface area contributed by atoms with E-state index < -0.39 is 0 Å². The highest BCUT2D eigenvalue weighted by atomic mass is 127. The van der Waals surface area contributed by atoms with Gasteiger partial charge in [-0.25, -0.2) is 4.99 Å². The Morgan fingerprint density at radius 1 is 1.31 bits per heavy atom. The van der Waals surface area contributed by atoms with Crippen molar-refractivity contribution >= 4 is 41.5 Å². The first-order valence-corrected chi connectivity index (χ1v) is 9.03. The number of anilines is 1. The van der Waals surface area contributed by atoms with Gasteiger partial charge in [-0.05, 0) is 38.8 Å². The summed E-state index contributed by atoms with van der Waals surface area (Å²) in [5, 5.41) is 6.83. The molecular weight excluding hydrogens is 441 g/mol. The van der Waals surface area contributed by atoms with Gasteiger partial charge in [-0.15, -0.1) is 24.0 Å². The number of hydrogen-bond acceptors (Lipinski definition) is 3. The zero-order valence-electron chi connectivity index (χ0n) is 16.2. The molecule has 1 aliphatic rings. The van der Waals surface area contributed by atoms with Crippen LogP contribution in [-0.2, 0) is 4.79 Å². The molecule has 1 heterocycles. The SMILES string of the molecule is CC(C)NC(=NCC(=O)N(C)C)NC1CCCN(c2ccccc2)C1.I. The van der Waals surface area contributed by atoms with Gasteiger partial charge in [0.1, 0.15) is 6.54 Å². The van der Waals surface area contributed by atoms with Crippen LogP contribution in [-0.4, -0.2) is 62.6 Å². The molecule has 0 radical (unpaired) electrons. The smallest absolute Gasteiger partial charge is 0.243 e. The van der Waals surface area contributed by atoms with Gasteiger partial charge in [-0.1, -0.05) is 18.2 Å². The number of halogens is 1. The number of benzene rings is 1. The molecule has 1 aromatic carbocycles. The van der Waals surface area contributed by atoms with Crippen molar-refractivity contribution in [3.63, 3.8) is 0 Å². The molecule has 2 rings (SSSR count). The average Bonchev–Trinajstić information content (AvgIpc) is 2.60. The molecule has 1 unspecified atom stereocenters. The molecule has 0 aliphatic carbocycles. The number of rotatable bonds is 5. The number of para-hydroxylation sites is 1. The predicted molar refractivity (Wildman–Crippen MR) is 119 cm³/mol. The Hall–Kier alpha value is -1.51. The minimum Gasteiger partial charge on any atom is -0.369 e. The molecule has 0 aromatic heterocycles. The fourth-order valence-electron chi connectivity index (χ4n) is 2.86. The number of guanidine groups is 1. The summed E-state index contributed by atoms with van der Waals surface area (Å²) in [4.78, 5) is 20.2. The first kappa shape index (κ1) is 22.5. The Morgan fingerprint density at radius 3 is 2.62 bits per heavy atom. The molecule has 146 valence electrons. The molecule has 0 saturated carbocycles. The second-order valence-electron chi connectivity index (χ2n) is 7.02. The number of nitrogens with zero attached hydrogens (tertiary/aromatic N) is 3. The van der Waals surface area contributed by atoms with Gasteiger partial charge >= 0.3 is 0 Å². The van der Waals surface area contributed by atoms with Crippen LogP contribution in [0.3, 0.4) is 0 Å². The van der Waals surface area contributed by atoms with Crippen LogP contribution >= 0.6 is 24.0 Å². The van der Waals surface area contributed by atoms with Crippen molar-refractivity contribution in [3.05, 3.63) is 30.3 Å². The summed E-state index contributed by atoms with van der Waals surface area (Å²) in [7, 11) is 3.50. The topological polar surface area (TPSA) is 60.0 Å². The molecule has 0 spiro atoms. The minimum atomic E-state index is -0.000544. The van der Waals surface area contributed by atoms with Crippen LogP contribution in [0, 0.1) is 0 Å². The summed E-state index contributed by atoms with van der Waals surface area (Å²) in [5.74, 6) is 0.713. The third kappa shape index (κ3) is 7.39. The molecule has 1 aliphatic heterocycles. The maximum Gasteiger partial charge on any atom is 0.243 e. The third-order valence-corrected chi connectivity index (χ3v) is 4.18.